The van der Waals surface area contributed by atoms with Crippen molar-refractivity contribution < 1.29 is 21.6 Å². The number of hydrogen-bond donors (Lipinski definition) is 0. The molecule has 1 aromatic carbocycles. The van der Waals surface area contributed by atoms with Crippen LogP contribution >= 0.6 is 0 Å². The van der Waals surface area contributed by atoms with Gasteiger partial charge in [-0.15, -0.1) is 8.42 Å². The summed E-state index contributed by atoms with van der Waals surface area (Å²) in [6.45, 7) is 1.32. The van der Waals surface area contributed by atoms with E-state index >= 15 is 0 Å². The molecule has 14 heavy (non-hydrogen) atoms. The van der Waals surface area contributed by atoms with E-state index in [9.17, 15) is 13.2 Å². The highest BCUT2D eigenvalue weighted by atomic mass is 32.3. The first-order chi connectivity index (χ1) is 6.49. The van der Waals surface area contributed by atoms with Crippen LogP contribution in [0.2, 0.25) is 0 Å². The van der Waals surface area contributed by atoms with Crippen LogP contribution in [0, 0.1) is 0 Å². The summed E-state index contributed by atoms with van der Waals surface area (Å²) in [7, 11) is -4.01. The molecule has 5 nitrogen and oxygen atoms in total. The number of carbonyl (C=O) groups is 1. The molecule has 0 atom stereocenters. The minimum absolute atomic E-state index is 0.0278. The largest absolute Gasteiger partial charge is 0.501 e. The molecule has 0 radical (unpaired) electrons. The number of hydrogen-bond acceptors (Lipinski definition) is 5. The second-order valence-corrected chi connectivity index (χ2v) is 3.91. The lowest BCUT2D eigenvalue weighted by Gasteiger charge is -1.97. The zero-order chi connectivity index (χ0) is 10.3. The Balaban J connectivity index is 2.63. The minimum Gasteiger partial charge on any atom is -0.349 e. The van der Waals surface area contributed by atoms with Crippen LogP contribution in [0.1, 0.15) is 17.3 Å². The number of carbonyl (C=O) groups excluding carboxylic acids is 1. The topological polar surface area (TPSA) is 69.7 Å². The van der Waals surface area contributed by atoms with Crippen LogP contribution in [0.15, 0.2) is 18.2 Å². The van der Waals surface area contributed by atoms with E-state index in [1.54, 1.807) is 0 Å². The molecule has 0 aromatic heterocycles. The number of para-hydroxylation sites is 1. The smallest absolute Gasteiger partial charge is 0.349 e. The van der Waals surface area contributed by atoms with E-state index in [1.807, 2.05) is 0 Å². The number of benzene rings is 1. The molecule has 0 amide bonds. The summed E-state index contributed by atoms with van der Waals surface area (Å²) in [5.41, 5.74) is 0.198. The maximum Gasteiger partial charge on any atom is 0.501 e. The minimum atomic E-state index is -4.01. The maximum absolute atomic E-state index is 11.1. The van der Waals surface area contributed by atoms with Crippen molar-refractivity contribution in [2.75, 3.05) is 0 Å². The van der Waals surface area contributed by atoms with Crippen molar-refractivity contribution in [1.29, 1.82) is 0 Å². The normalized spacial score (nSPS) is 16.6. The standard InChI is InChI=1S/C8H6O5S/c1-5(9)6-3-2-4-7-8(6)13-14(10,11)12-7/h2-4H,1H3. The van der Waals surface area contributed by atoms with Crippen LogP contribution < -0.4 is 8.37 Å². The summed E-state index contributed by atoms with van der Waals surface area (Å²) in [6.07, 6.45) is 0. The van der Waals surface area contributed by atoms with E-state index in [2.05, 4.69) is 8.37 Å². The Kier molecular flexibility index (Phi) is 1.75. The molecule has 0 saturated heterocycles. The molecule has 0 bridgehead atoms. The van der Waals surface area contributed by atoms with Crippen LogP contribution in [0.5, 0.6) is 11.5 Å². The molecular formula is C8H6O5S. The molecule has 1 aliphatic heterocycles. The highest BCUT2D eigenvalue weighted by molar-refractivity contribution is 7.82. The van der Waals surface area contributed by atoms with Gasteiger partial charge in [-0.1, -0.05) is 6.07 Å². The van der Waals surface area contributed by atoms with Crippen LogP contribution in [-0.2, 0) is 10.4 Å². The lowest BCUT2D eigenvalue weighted by molar-refractivity contribution is 0.101. The van der Waals surface area contributed by atoms with Gasteiger partial charge in [0.2, 0.25) is 5.75 Å². The van der Waals surface area contributed by atoms with E-state index in [-0.39, 0.29) is 22.8 Å². The third-order valence-electron chi connectivity index (χ3n) is 1.74. The third kappa shape index (κ3) is 1.33. The Labute approximate surface area is 80.6 Å². The highest BCUT2D eigenvalue weighted by Crippen LogP contribution is 2.38. The molecule has 1 aromatic rings. The molecular weight excluding hydrogens is 208 g/mol. The van der Waals surface area contributed by atoms with E-state index < -0.39 is 10.4 Å². The van der Waals surface area contributed by atoms with Gasteiger partial charge in [0.25, 0.3) is 0 Å². The average molecular weight is 214 g/mol. The highest BCUT2D eigenvalue weighted by Gasteiger charge is 2.31. The van der Waals surface area contributed by atoms with Gasteiger partial charge in [0.05, 0.1) is 5.56 Å². The number of fused-ring (bicyclic) bond motifs is 1. The Morgan fingerprint density at radius 2 is 2.00 bits per heavy atom. The van der Waals surface area contributed by atoms with Crippen molar-refractivity contribution in [2.45, 2.75) is 6.92 Å². The zero-order valence-corrected chi connectivity index (χ0v) is 8.00. The summed E-state index contributed by atoms with van der Waals surface area (Å²) in [6, 6.07) is 4.43. The molecule has 1 heterocycles. The van der Waals surface area contributed by atoms with Crippen molar-refractivity contribution >= 4 is 16.2 Å². The van der Waals surface area contributed by atoms with Gasteiger partial charge in [0.1, 0.15) is 0 Å². The van der Waals surface area contributed by atoms with Crippen molar-refractivity contribution in [2.24, 2.45) is 0 Å². The predicted octanol–water partition coefficient (Wildman–Crippen LogP) is 0.905. The van der Waals surface area contributed by atoms with Gasteiger partial charge in [-0.05, 0) is 19.1 Å². The fourth-order valence-corrected chi connectivity index (χ4v) is 1.93. The van der Waals surface area contributed by atoms with Gasteiger partial charge >= 0.3 is 10.4 Å². The van der Waals surface area contributed by atoms with Crippen molar-refractivity contribution in [1.82, 2.24) is 0 Å². The fraction of sp³-hybridized carbons (Fsp3) is 0.125. The van der Waals surface area contributed by atoms with Crippen LogP contribution in [-0.4, -0.2) is 14.2 Å². The van der Waals surface area contributed by atoms with Crippen LogP contribution in [0.4, 0.5) is 0 Å². The molecule has 0 aliphatic carbocycles. The molecule has 74 valence electrons. The third-order valence-corrected chi connectivity index (χ3v) is 2.49. The van der Waals surface area contributed by atoms with Crippen molar-refractivity contribution in [3.05, 3.63) is 23.8 Å². The van der Waals surface area contributed by atoms with Gasteiger partial charge in [-0.2, -0.15) is 0 Å². The predicted molar refractivity (Wildman–Crippen MR) is 46.6 cm³/mol. The van der Waals surface area contributed by atoms with Crippen LogP contribution in [0.25, 0.3) is 0 Å². The Bertz CT molecular complexity index is 502. The Morgan fingerprint density at radius 1 is 1.29 bits per heavy atom. The average Bonchev–Trinajstić information content (AvgIpc) is 2.36. The second kappa shape index (κ2) is 2.71. The van der Waals surface area contributed by atoms with E-state index in [0.717, 1.165) is 0 Å². The number of Topliss-reactive ketones (excluding diaryl/α,β-unsaturated/α-hetero) is 1. The van der Waals surface area contributed by atoms with Gasteiger partial charge in [-0.25, -0.2) is 0 Å². The molecule has 1 aliphatic rings. The molecule has 0 unspecified atom stereocenters. The SMILES string of the molecule is CC(=O)c1cccc2c1OS(=O)(=O)O2. The Hall–Kier alpha value is -1.56. The molecule has 0 saturated carbocycles. The van der Waals surface area contributed by atoms with E-state index in [1.165, 1.54) is 25.1 Å². The second-order valence-electron chi connectivity index (χ2n) is 2.76. The van der Waals surface area contributed by atoms with Crippen LogP contribution in [0.3, 0.4) is 0 Å². The summed E-state index contributed by atoms with van der Waals surface area (Å²) >= 11 is 0. The van der Waals surface area contributed by atoms with Gasteiger partial charge < -0.3 is 8.37 Å². The van der Waals surface area contributed by atoms with Gasteiger partial charge in [-0.3, -0.25) is 4.79 Å². The lowest BCUT2D eigenvalue weighted by Crippen LogP contribution is -2.08. The summed E-state index contributed by atoms with van der Waals surface area (Å²) in [5.74, 6) is -0.250. The monoisotopic (exact) mass is 214 g/mol. The molecule has 6 heteroatoms. The maximum atomic E-state index is 11.1. The first kappa shape index (κ1) is 9.01. The molecule has 0 fully saturated rings. The van der Waals surface area contributed by atoms with Crippen molar-refractivity contribution in [3.63, 3.8) is 0 Å². The Morgan fingerprint density at radius 3 is 2.64 bits per heavy atom. The lowest BCUT2D eigenvalue weighted by atomic mass is 10.1. The van der Waals surface area contributed by atoms with Crippen molar-refractivity contribution in [3.8, 4) is 11.5 Å². The zero-order valence-electron chi connectivity index (χ0n) is 7.18. The summed E-state index contributed by atoms with van der Waals surface area (Å²) < 4.78 is 30.8. The first-order valence-electron chi connectivity index (χ1n) is 3.77. The number of ketones is 1. The quantitative estimate of drug-likeness (QED) is 0.650. The van der Waals surface area contributed by atoms with Gasteiger partial charge in [0, 0.05) is 0 Å². The summed E-state index contributed by atoms with van der Waals surface area (Å²) in [4.78, 5) is 11.1. The molecule has 2 rings (SSSR count). The summed E-state index contributed by atoms with van der Waals surface area (Å²) in [5, 5.41) is 0. The molecule has 0 N–H and O–H groups in total. The number of rotatable bonds is 1. The van der Waals surface area contributed by atoms with E-state index in [0.29, 0.717) is 0 Å². The van der Waals surface area contributed by atoms with E-state index in [4.69, 9.17) is 0 Å². The first-order valence-corrected chi connectivity index (χ1v) is 5.11. The fourth-order valence-electron chi connectivity index (χ4n) is 1.17. The molecule has 0 spiro atoms. The van der Waals surface area contributed by atoms with Gasteiger partial charge in [0.15, 0.2) is 11.5 Å².